The number of allylic oxidation sites excluding steroid dienone is 1. The van der Waals surface area contributed by atoms with Crippen LogP contribution in [0.5, 0.6) is 0 Å². The summed E-state index contributed by atoms with van der Waals surface area (Å²) < 4.78 is 0. The van der Waals surface area contributed by atoms with Crippen LogP contribution in [0, 0.1) is 11.3 Å². The molecule has 0 aromatic heterocycles. The second kappa shape index (κ2) is 4.09. The minimum atomic E-state index is -0.504. The zero-order valence-electron chi connectivity index (χ0n) is 11.0. The Hall–Kier alpha value is -0.890. The number of carbonyl (C=O) groups is 1. The van der Waals surface area contributed by atoms with Gasteiger partial charge in [0.05, 0.1) is 6.10 Å². The fourth-order valence-corrected chi connectivity index (χ4v) is 3.50. The molecule has 0 spiro atoms. The maximum absolute atomic E-state index is 11.8. The van der Waals surface area contributed by atoms with Gasteiger partial charge in [-0.15, -0.1) is 0 Å². The Morgan fingerprint density at radius 2 is 2.12 bits per heavy atom. The second-order valence-corrected chi connectivity index (χ2v) is 5.96. The van der Waals surface area contributed by atoms with E-state index >= 15 is 0 Å². The van der Waals surface area contributed by atoms with Crippen molar-refractivity contribution in [3.8, 4) is 0 Å². The van der Waals surface area contributed by atoms with Gasteiger partial charge in [-0.1, -0.05) is 19.1 Å². The van der Waals surface area contributed by atoms with Gasteiger partial charge in [0.25, 0.3) is 0 Å². The van der Waals surface area contributed by atoms with Crippen molar-refractivity contribution in [3.05, 3.63) is 23.3 Å². The van der Waals surface area contributed by atoms with E-state index in [1.54, 1.807) is 0 Å². The van der Waals surface area contributed by atoms with Gasteiger partial charge in [0.1, 0.15) is 0 Å². The largest absolute Gasteiger partial charge is 0.388 e. The van der Waals surface area contributed by atoms with Gasteiger partial charge < -0.3 is 5.11 Å². The minimum Gasteiger partial charge on any atom is -0.388 e. The number of Topliss-reactive ketones (excluding diaryl/α,β-unsaturated/α-hetero) is 1. The maximum Gasteiger partial charge on any atom is 0.158 e. The van der Waals surface area contributed by atoms with E-state index in [1.165, 1.54) is 0 Å². The number of hydrogen-bond acceptors (Lipinski definition) is 2. The molecule has 0 unspecified atom stereocenters. The molecule has 0 aliphatic heterocycles. The molecule has 3 atom stereocenters. The highest BCUT2D eigenvalue weighted by molar-refractivity contribution is 5.97. The van der Waals surface area contributed by atoms with Crippen molar-refractivity contribution in [1.29, 1.82) is 0 Å². The quantitative estimate of drug-likeness (QED) is 0.708. The molecule has 1 saturated carbocycles. The van der Waals surface area contributed by atoms with Crippen LogP contribution in [0.3, 0.4) is 0 Å². The van der Waals surface area contributed by atoms with Crippen molar-refractivity contribution in [2.45, 2.75) is 52.6 Å². The van der Waals surface area contributed by atoms with Crippen molar-refractivity contribution in [3.63, 3.8) is 0 Å². The third kappa shape index (κ3) is 1.89. The van der Waals surface area contributed by atoms with Gasteiger partial charge >= 0.3 is 0 Å². The molecule has 94 valence electrons. The van der Waals surface area contributed by atoms with E-state index < -0.39 is 6.10 Å². The summed E-state index contributed by atoms with van der Waals surface area (Å²) in [5.41, 5.74) is 2.85. The molecule has 0 saturated heterocycles. The van der Waals surface area contributed by atoms with Crippen LogP contribution in [0.15, 0.2) is 23.3 Å². The predicted octanol–water partition coefficient (Wildman–Crippen LogP) is 3.02. The highest BCUT2D eigenvalue weighted by Crippen LogP contribution is 2.51. The van der Waals surface area contributed by atoms with Crippen LogP contribution in [0.25, 0.3) is 0 Å². The first-order chi connectivity index (χ1) is 7.87. The molecule has 2 aliphatic rings. The van der Waals surface area contributed by atoms with Crippen LogP contribution in [0.4, 0.5) is 0 Å². The summed E-state index contributed by atoms with van der Waals surface area (Å²) in [5, 5.41) is 10.5. The van der Waals surface area contributed by atoms with Crippen molar-refractivity contribution in [2.24, 2.45) is 11.3 Å². The second-order valence-electron chi connectivity index (χ2n) is 5.96. The fourth-order valence-electron chi connectivity index (χ4n) is 3.50. The highest BCUT2D eigenvalue weighted by atomic mass is 16.3. The molecule has 0 radical (unpaired) electrons. The van der Waals surface area contributed by atoms with E-state index in [-0.39, 0.29) is 17.1 Å². The molecular formula is C15H22O2. The number of aliphatic hydroxyl groups excluding tert-OH is 1. The third-order valence-corrected chi connectivity index (χ3v) is 4.69. The van der Waals surface area contributed by atoms with Crippen LogP contribution in [-0.4, -0.2) is 17.0 Å². The first kappa shape index (κ1) is 12.6. The number of aliphatic hydroxyl groups is 1. The molecule has 1 N–H and O–H groups in total. The van der Waals surface area contributed by atoms with E-state index in [0.717, 1.165) is 36.0 Å². The molecule has 2 nitrogen and oxygen atoms in total. The normalized spacial score (nSPS) is 38.0. The van der Waals surface area contributed by atoms with E-state index in [9.17, 15) is 9.90 Å². The van der Waals surface area contributed by atoms with Gasteiger partial charge in [0.2, 0.25) is 0 Å². The lowest BCUT2D eigenvalue weighted by Crippen LogP contribution is -2.42. The number of carbonyl (C=O) groups excluding carboxylic acids is 1. The summed E-state index contributed by atoms with van der Waals surface area (Å²) >= 11 is 0. The van der Waals surface area contributed by atoms with Crippen molar-refractivity contribution >= 4 is 5.78 Å². The van der Waals surface area contributed by atoms with Crippen LogP contribution < -0.4 is 0 Å². The van der Waals surface area contributed by atoms with E-state index in [4.69, 9.17) is 0 Å². The molecule has 2 aliphatic carbocycles. The summed E-state index contributed by atoms with van der Waals surface area (Å²) in [7, 11) is 0. The molecule has 0 aromatic rings. The Kier molecular flexibility index (Phi) is 3.03. The van der Waals surface area contributed by atoms with Crippen LogP contribution in [0.1, 0.15) is 46.5 Å². The zero-order valence-corrected chi connectivity index (χ0v) is 11.0. The average molecular weight is 234 g/mol. The lowest BCUT2D eigenvalue weighted by molar-refractivity contribution is -0.117. The Balaban J connectivity index is 2.46. The predicted molar refractivity (Wildman–Crippen MR) is 68.6 cm³/mol. The highest BCUT2D eigenvalue weighted by Gasteiger charge is 2.45. The third-order valence-electron chi connectivity index (χ3n) is 4.69. The van der Waals surface area contributed by atoms with Crippen molar-refractivity contribution < 1.29 is 9.90 Å². The minimum absolute atomic E-state index is 0.0311. The molecule has 0 bridgehead atoms. The molecule has 0 amide bonds. The lowest BCUT2D eigenvalue weighted by atomic mass is 9.59. The first-order valence-corrected chi connectivity index (χ1v) is 6.45. The van der Waals surface area contributed by atoms with Gasteiger partial charge in [-0.2, -0.15) is 0 Å². The van der Waals surface area contributed by atoms with E-state index in [1.807, 2.05) is 13.8 Å². The number of ketones is 1. The van der Waals surface area contributed by atoms with Crippen LogP contribution in [0.2, 0.25) is 0 Å². The fraction of sp³-hybridized carbons (Fsp3) is 0.667. The Morgan fingerprint density at radius 1 is 1.47 bits per heavy atom. The summed E-state index contributed by atoms with van der Waals surface area (Å²) in [5.74, 6) is 0.331. The summed E-state index contributed by atoms with van der Waals surface area (Å²) in [6.45, 7) is 10.0. The summed E-state index contributed by atoms with van der Waals surface area (Å²) in [4.78, 5) is 11.8. The first-order valence-electron chi connectivity index (χ1n) is 6.45. The summed E-state index contributed by atoms with van der Waals surface area (Å²) in [6, 6.07) is 0. The van der Waals surface area contributed by atoms with E-state index in [2.05, 4.69) is 13.5 Å². The van der Waals surface area contributed by atoms with Crippen molar-refractivity contribution in [1.82, 2.24) is 0 Å². The number of fused-ring (bicyclic) bond motifs is 1. The SMILES string of the molecule is C=C(C)[C@H]1CC[C@@]2(C)CCC(=O)C(C)=C2[C@@H]1O. The number of rotatable bonds is 1. The maximum atomic E-state index is 11.8. The Labute approximate surface area is 103 Å². The van der Waals surface area contributed by atoms with Gasteiger partial charge in [-0.3, -0.25) is 4.79 Å². The molecule has 0 heterocycles. The summed E-state index contributed by atoms with van der Waals surface area (Å²) in [6.07, 6.45) is 3.06. The van der Waals surface area contributed by atoms with Gasteiger partial charge in [0.15, 0.2) is 5.78 Å². The average Bonchev–Trinajstić information content (AvgIpc) is 2.24. The molecule has 1 fully saturated rings. The van der Waals surface area contributed by atoms with Gasteiger partial charge in [0, 0.05) is 12.3 Å². The molecule has 2 heteroatoms. The van der Waals surface area contributed by atoms with Crippen LogP contribution in [-0.2, 0) is 4.79 Å². The standard InChI is InChI=1S/C15H22O2/c1-9(2)11-5-7-15(4)8-6-12(16)10(3)13(15)14(11)17/h11,14,17H,1,5-8H2,2-4H3/t11-,14-,15+/m1/s1. The van der Waals surface area contributed by atoms with Crippen LogP contribution >= 0.6 is 0 Å². The molecule has 2 rings (SSSR count). The molecular weight excluding hydrogens is 212 g/mol. The van der Waals surface area contributed by atoms with Gasteiger partial charge in [-0.05, 0) is 49.7 Å². The monoisotopic (exact) mass is 234 g/mol. The zero-order chi connectivity index (χ0) is 12.8. The topological polar surface area (TPSA) is 37.3 Å². The lowest BCUT2D eigenvalue weighted by Gasteiger charge is -2.46. The van der Waals surface area contributed by atoms with Gasteiger partial charge in [-0.25, -0.2) is 0 Å². The smallest absolute Gasteiger partial charge is 0.158 e. The number of hydrogen-bond donors (Lipinski definition) is 1. The van der Waals surface area contributed by atoms with E-state index in [0.29, 0.717) is 6.42 Å². The Morgan fingerprint density at radius 3 is 2.71 bits per heavy atom. The Bertz CT molecular complexity index is 405. The van der Waals surface area contributed by atoms with Crippen molar-refractivity contribution in [2.75, 3.05) is 0 Å². The molecule has 0 aromatic carbocycles. The molecule has 17 heavy (non-hydrogen) atoms.